The van der Waals surface area contributed by atoms with Gasteiger partial charge in [0.05, 0.1) is 66.2 Å². The number of hydrazone groups is 2. The van der Waals surface area contributed by atoms with Crippen LogP contribution in [-0.4, -0.2) is 64.1 Å². The summed E-state index contributed by atoms with van der Waals surface area (Å²) >= 11 is 11.9. The van der Waals surface area contributed by atoms with Crippen molar-refractivity contribution in [2.24, 2.45) is 30.7 Å². The Bertz CT molecular complexity index is 2560. The number of anilines is 2. The summed E-state index contributed by atoms with van der Waals surface area (Å²) in [5.41, 5.74) is -0.0980. The van der Waals surface area contributed by atoms with E-state index in [2.05, 4.69) is 30.7 Å². The van der Waals surface area contributed by atoms with Crippen LogP contribution in [0.1, 0.15) is 36.0 Å². The predicted molar refractivity (Wildman–Crippen MR) is 206 cm³/mol. The van der Waals surface area contributed by atoms with Gasteiger partial charge in [-0.25, -0.2) is 16.8 Å². The van der Waals surface area contributed by atoms with E-state index in [9.17, 15) is 46.2 Å². The van der Waals surface area contributed by atoms with E-state index >= 15 is 0 Å². The molecule has 2 heterocycles. The van der Waals surface area contributed by atoms with E-state index in [-0.39, 0.29) is 30.2 Å². The molecule has 2 N–H and O–H groups in total. The number of amides is 2. The molecular weight excluding hydrogens is 895 g/mol. The molecule has 2 aliphatic heterocycles. The summed E-state index contributed by atoms with van der Waals surface area (Å²) in [6, 6.07) is 16.4. The molecule has 0 aromatic heterocycles. The number of carboxylic acids is 2. The Kier molecular flexibility index (Phi) is 14.4. The fraction of sp³-hybridized carbons (Fsp3) is 0.118. The molecule has 2 atom stereocenters. The largest absolute Gasteiger partial charge is 3.00 e. The van der Waals surface area contributed by atoms with Crippen molar-refractivity contribution in [1.82, 2.24) is 0 Å². The quantitative estimate of drug-likeness (QED) is 0.197. The van der Waals surface area contributed by atoms with Crippen LogP contribution in [0.15, 0.2) is 125 Å². The van der Waals surface area contributed by atoms with E-state index in [4.69, 9.17) is 33.5 Å². The van der Waals surface area contributed by atoms with Crippen molar-refractivity contribution in [3.05, 3.63) is 116 Å². The Morgan fingerprint density at radius 1 is 0.661 bits per heavy atom. The monoisotopic (exact) mass is 919 g/mol. The Balaban J connectivity index is 0.000000310. The van der Waals surface area contributed by atoms with Crippen LogP contribution >= 0.6 is 23.2 Å². The topological polar surface area (TPSA) is 311 Å². The molecule has 303 valence electrons. The minimum absolute atomic E-state index is 0. The van der Waals surface area contributed by atoms with Crippen LogP contribution in [0.2, 0.25) is 10.0 Å². The van der Waals surface area contributed by atoms with Crippen molar-refractivity contribution >= 4 is 101 Å². The Morgan fingerprint density at radius 2 is 1.02 bits per heavy atom. The number of azo groups is 2. The second kappa shape index (κ2) is 18.4. The number of nitrogens with zero attached hydrogens (tertiary/aromatic N) is 8. The normalized spacial score (nSPS) is 16.8. The number of benzene rings is 4. The van der Waals surface area contributed by atoms with Gasteiger partial charge in [0.15, 0.2) is 12.1 Å². The summed E-state index contributed by atoms with van der Waals surface area (Å²) in [5.74, 6) is -4.44. The second-order valence-electron chi connectivity index (χ2n) is 11.9. The first-order chi connectivity index (χ1) is 27.1. The zero-order valence-corrected chi connectivity index (χ0v) is 34.3. The number of carboxylic acid groups (broad SMARTS) is 2. The zero-order chi connectivity index (χ0) is 42.7. The molecule has 4 aromatic carbocycles. The summed E-state index contributed by atoms with van der Waals surface area (Å²) < 4.78 is 45.2. The van der Waals surface area contributed by atoms with Crippen LogP contribution in [0.4, 0.5) is 22.7 Å². The number of hydrogen-bond donors (Lipinski definition) is 0. The van der Waals surface area contributed by atoms with Crippen LogP contribution in [0.25, 0.3) is 10.3 Å². The third-order valence-corrected chi connectivity index (χ3v) is 10.1. The van der Waals surface area contributed by atoms with Gasteiger partial charge < -0.3 is 30.1 Å². The van der Waals surface area contributed by atoms with Gasteiger partial charge in [-0.15, -0.1) is 0 Å². The van der Waals surface area contributed by atoms with Crippen molar-refractivity contribution in [3.8, 4) is 0 Å². The Morgan fingerprint density at radius 3 is 1.32 bits per heavy atom. The molecule has 0 bridgehead atoms. The van der Waals surface area contributed by atoms with Crippen LogP contribution in [0.5, 0.6) is 0 Å². The van der Waals surface area contributed by atoms with Gasteiger partial charge in [0.25, 0.3) is 11.8 Å². The van der Waals surface area contributed by atoms with Crippen LogP contribution < -0.4 is 20.2 Å². The molecule has 0 aliphatic carbocycles. The molecule has 0 saturated carbocycles. The fourth-order valence-corrected chi connectivity index (χ4v) is 6.48. The van der Waals surface area contributed by atoms with E-state index in [1.165, 1.54) is 0 Å². The number of carbonyl (C=O) groups is 4. The van der Waals surface area contributed by atoms with Crippen LogP contribution in [0, 0.1) is 0 Å². The van der Waals surface area contributed by atoms with E-state index < -0.39 is 76.8 Å². The number of nitrogens with one attached hydrogen (secondary N) is 2. The summed E-state index contributed by atoms with van der Waals surface area (Å²) in [6.45, 7) is 3.11. The molecule has 0 saturated heterocycles. The fourth-order valence-electron chi connectivity index (χ4n) is 5.07. The van der Waals surface area contributed by atoms with E-state index in [0.717, 1.165) is 46.4 Å². The number of halogens is 2. The third-order valence-electron chi connectivity index (χ3n) is 7.86. The Hall–Kier alpha value is -5.77. The number of aromatic carboxylic acids is 2. The van der Waals surface area contributed by atoms with Gasteiger partial charge in [0.1, 0.15) is 0 Å². The summed E-state index contributed by atoms with van der Waals surface area (Å²) in [4.78, 5) is 46.8. The van der Waals surface area contributed by atoms with Crippen LogP contribution in [0.3, 0.4) is 0 Å². The van der Waals surface area contributed by atoms with Gasteiger partial charge in [0.2, 0.25) is 0 Å². The molecule has 0 spiro atoms. The molecule has 20 nitrogen and oxygen atoms in total. The van der Waals surface area contributed by atoms with Crippen molar-refractivity contribution in [1.29, 1.82) is 0 Å². The molecule has 25 heteroatoms. The number of sulfonamides is 2. The van der Waals surface area contributed by atoms with E-state index in [1.807, 2.05) is 0 Å². The first kappa shape index (κ1) is 45.9. The van der Waals surface area contributed by atoms with Crippen molar-refractivity contribution in [2.45, 2.75) is 35.7 Å². The minimum atomic E-state index is -4.37. The number of rotatable bonds is 10. The SMILES string of the molecule is CC1=NN(c2cccc(Cl)c2)C(=O)C1N=Nc1ccc(S([NH-])(=O)=O)cc1C(=O)[O-].CC1=NN(c2cccc(Cl)c2)C(=O)C1N=Nc1ccc(S([NH-])(=O)=O)cc1C(=O)[O-].[Cr+3].[H+]. The molecule has 1 radical (unpaired) electrons. The van der Waals surface area contributed by atoms with Crippen molar-refractivity contribution < 1.29 is 65.0 Å². The summed E-state index contributed by atoms with van der Waals surface area (Å²) in [5, 5.41) is 63.3. The second-order valence-corrected chi connectivity index (χ2v) is 15.7. The summed E-state index contributed by atoms with van der Waals surface area (Å²) in [7, 11) is -8.74. The predicted octanol–water partition coefficient (Wildman–Crippen LogP) is 4.75. The average Bonchev–Trinajstić information content (AvgIpc) is 3.60. The van der Waals surface area contributed by atoms with Gasteiger partial charge in [-0.05, 0) is 86.6 Å². The molecular formula is C34H25Cl2CrN10O10S2. The zero-order valence-electron chi connectivity index (χ0n) is 30.9. The van der Waals surface area contributed by atoms with Gasteiger partial charge in [-0.3, -0.25) is 9.59 Å². The van der Waals surface area contributed by atoms with Gasteiger partial charge in [0, 0.05) is 31.0 Å². The molecule has 2 amide bonds. The van der Waals surface area contributed by atoms with Crippen LogP contribution in [-0.2, 0) is 47.0 Å². The van der Waals surface area contributed by atoms with E-state index in [1.54, 1.807) is 62.4 Å². The third kappa shape index (κ3) is 10.8. The first-order valence-electron chi connectivity index (χ1n) is 16.0. The van der Waals surface area contributed by atoms with E-state index in [0.29, 0.717) is 32.8 Å². The number of carbonyl (C=O) groups excluding carboxylic acids is 4. The smallest absolute Gasteiger partial charge is 0.560 e. The molecule has 6 rings (SSSR count). The van der Waals surface area contributed by atoms with Gasteiger partial charge in [-0.1, -0.05) is 35.3 Å². The number of hydrogen-bond acceptors (Lipinski definition) is 16. The average molecular weight is 921 g/mol. The van der Waals surface area contributed by atoms with Crippen molar-refractivity contribution in [2.75, 3.05) is 10.0 Å². The molecule has 2 unspecified atom stereocenters. The summed E-state index contributed by atoms with van der Waals surface area (Å²) in [6.07, 6.45) is 0. The maximum Gasteiger partial charge on any atom is 3.00 e. The molecule has 2 aliphatic rings. The molecule has 59 heavy (non-hydrogen) atoms. The van der Waals surface area contributed by atoms with Gasteiger partial charge in [-0.2, -0.15) is 40.7 Å². The minimum Gasteiger partial charge on any atom is -0.560 e. The maximum absolute atomic E-state index is 12.6. The Labute approximate surface area is 357 Å². The maximum atomic E-state index is 12.6. The first-order valence-corrected chi connectivity index (χ1v) is 19.7. The molecule has 4 aromatic rings. The van der Waals surface area contributed by atoms with Gasteiger partial charge >= 0.3 is 18.8 Å². The van der Waals surface area contributed by atoms with Crippen molar-refractivity contribution in [3.63, 3.8) is 0 Å². The molecule has 0 fully saturated rings. The standard InChI is InChI=1S/2C17H14ClN5O5S.Cr/c2*1-9-15(16(24)23(22-9)11-4-2-3-10(18)7-11)21-20-14-6-5-12(29(19,27)28)8-13(14)17(25)26;/h2*2-8,15H,1H3,(H3,19,25,26,27,28);/q;;+3/p-3.